The largest absolute Gasteiger partial charge is 0.388 e. The van der Waals surface area contributed by atoms with E-state index in [0.717, 1.165) is 11.3 Å². The maximum Gasteiger partial charge on any atom is 0.163 e. The standard InChI is InChI=1S/C15H23NO/c1-11(2)15(3,4)10-14(17)12-6-8-13(16-5)9-7-12/h6-9,11,16H,10H2,1-5H3. The van der Waals surface area contributed by atoms with Gasteiger partial charge < -0.3 is 5.32 Å². The van der Waals surface area contributed by atoms with Crippen LogP contribution in [-0.2, 0) is 0 Å². The Morgan fingerprint density at radius 1 is 1.24 bits per heavy atom. The van der Waals surface area contributed by atoms with Gasteiger partial charge in [0.05, 0.1) is 0 Å². The average molecular weight is 233 g/mol. The number of carbonyl (C=O) groups is 1. The molecule has 94 valence electrons. The number of hydrogen-bond acceptors (Lipinski definition) is 2. The van der Waals surface area contributed by atoms with Crippen molar-refractivity contribution in [1.82, 2.24) is 0 Å². The molecule has 0 atom stereocenters. The van der Waals surface area contributed by atoms with Crippen LogP contribution in [0.3, 0.4) is 0 Å². The molecular weight excluding hydrogens is 210 g/mol. The summed E-state index contributed by atoms with van der Waals surface area (Å²) < 4.78 is 0. The topological polar surface area (TPSA) is 29.1 Å². The van der Waals surface area contributed by atoms with Gasteiger partial charge in [-0.1, -0.05) is 27.7 Å². The molecule has 1 N–H and O–H groups in total. The molecule has 1 rings (SSSR count). The summed E-state index contributed by atoms with van der Waals surface area (Å²) in [4.78, 5) is 12.1. The Bertz CT molecular complexity index is 376. The highest BCUT2D eigenvalue weighted by Crippen LogP contribution is 2.31. The van der Waals surface area contributed by atoms with E-state index in [9.17, 15) is 4.79 Å². The van der Waals surface area contributed by atoms with Gasteiger partial charge in [0.1, 0.15) is 0 Å². The van der Waals surface area contributed by atoms with E-state index in [2.05, 4.69) is 33.0 Å². The molecular formula is C15H23NO. The number of nitrogens with one attached hydrogen (secondary N) is 1. The van der Waals surface area contributed by atoms with Gasteiger partial charge >= 0.3 is 0 Å². The number of benzene rings is 1. The van der Waals surface area contributed by atoms with Crippen molar-refractivity contribution in [3.8, 4) is 0 Å². The molecule has 0 bridgehead atoms. The number of rotatable bonds is 5. The van der Waals surface area contributed by atoms with Crippen LogP contribution >= 0.6 is 0 Å². The summed E-state index contributed by atoms with van der Waals surface area (Å²) in [6, 6.07) is 7.67. The summed E-state index contributed by atoms with van der Waals surface area (Å²) in [5.41, 5.74) is 1.89. The predicted octanol–water partition coefficient (Wildman–Crippen LogP) is 3.98. The van der Waals surface area contributed by atoms with E-state index in [-0.39, 0.29) is 11.2 Å². The summed E-state index contributed by atoms with van der Waals surface area (Å²) in [6.07, 6.45) is 0.601. The smallest absolute Gasteiger partial charge is 0.163 e. The van der Waals surface area contributed by atoms with E-state index in [1.807, 2.05) is 31.3 Å². The maximum absolute atomic E-state index is 12.1. The van der Waals surface area contributed by atoms with Gasteiger partial charge in [0.15, 0.2) is 5.78 Å². The van der Waals surface area contributed by atoms with Crippen LogP contribution in [0.25, 0.3) is 0 Å². The third-order valence-corrected chi connectivity index (χ3v) is 3.67. The van der Waals surface area contributed by atoms with E-state index < -0.39 is 0 Å². The van der Waals surface area contributed by atoms with Crippen LogP contribution in [0, 0.1) is 11.3 Å². The van der Waals surface area contributed by atoms with Crippen molar-refractivity contribution in [1.29, 1.82) is 0 Å². The van der Waals surface area contributed by atoms with Crippen LogP contribution in [0.2, 0.25) is 0 Å². The van der Waals surface area contributed by atoms with Crippen molar-refractivity contribution >= 4 is 11.5 Å². The zero-order valence-electron chi connectivity index (χ0n) is 11.5. The number of hydrogen-bond donors (Lipinski definition) is 1. The summed E-state index contributed by atoms with van der Waals surface area (Å²) in [6.45, 7) is 8.63. The van der Waals surface area contributed by atoms with E-state index >= 15 is 0 Å². The van der Waals surface area contributed by atoms with Crippen LogP contribution < -0.4 is 5.32 Å². The Hall–Kier alpha value is -1.31. The molecule has 0 saturated carbocycles. The lowest BCUT2D eigenvalue weighted by Crippen LogP contribution is -2.23. The highest BCUT2D eigenvalue weighted by atomic mass is 16.1. The van der Waals surface area contributed by atoms with Crippen molar-refractivity contribution in [2.45, 2.75) is 34.1 Å². The molecule has 1 aromatic rings. The van der Waals surface area contributed by atoms with Crippen LogP contribution in [0.5, 0.6) is 0 Å². The molecule has 0 saturated heterocycles. The molecule has 0 aromatic heterocycles. The minimum atomic E-state index is 0.0543. The Morgan fingerprint density at radius 3 is 2.18 bits per heavy atom. The van der Waals surface area contributed by atoms with Crippen LogP contribution in [0.4, 0.5) is 5.69 Å². The fraction of sp³-hybridized carbons (Fsp3) is 0.533. The van der Waals surface area contributed by atoms with Crippen LogP contribution in [0.1, 0.15) is 44.5 Å². The monoisotopic (exact) mass is 233 g/mol. The number of anilines is 1. The van der Waals surface area contributed by atoms with Gasteiger partial charge in [-0.15, -0.1) is 0 Å². The first-order chi connectivity index (χ1) is 7.86. The summed E-state index contributed by atoms with van der Waals surface area (Å²) >= 11 is 0. The zero-order valence-corrected chi connectivity index (χ0v) is 11.5. The molecule has 17 heavy (non-hydrogen) atoms. The van der Waals surface area contributed by atoms with Crippen molar-refractivity contribution < 1.29 is 4.79 Å². The molecule has 0 aliphatic carbocycles. The summed E-state index contributed by atoms with van der Waals surface area (Å²) in [7, 11) is 1.87. The van der Waals surface area contributed by atoms with E-state index in [1.165, 1.54) is 0 Å². The number of ketones is 1. The van der Waals surface area contributed by atoms with Crippen molar-refractivity contribution in [2.24, 2.45) is 11.3 Å². The first-order valence-corrected chi connectivity index (χ1v) is 6.18. The number of Topliss-reactive ketones (excluding diaryl/α,β-unsaturated/α-hetero) is 1. The molecule has 2 heteroatoms. The minimum absolute atomic E-state index is 0.0543. The first-order valence-electron chi connectivity index (χ1n) is 6.18. The van der Waals surface area contributed by atoms with Crippen molar-refractivity contribution in [2.75, 3.05) is 12.4 Å². The lowest BCUT2D eigenvalue weighted by Gasteiger charge is -2.28. The van der Waals surface area contributed by atoms with Gasteiger partial charge in [0, 0.05) is 24.7 Å². The molecule has 2 nitrogen and oxygen atoms in total. The third kappa shape index (κ3) is 3.58. The van der Waals surface area contributed by atoms with Gasteiger partial charge in [-0.25, -0.2) is 0 Å². The van der Waals surface area contributed by atoms with E-state index in [0.29, 0.717) is 12.3 Å². The second-order valence-corrected chi connectivity index (χ2v) is 5.57. The molecule has 0 fully saturated rings. The third-order valence-electron chi connectivity index (χ3n) is 3.67. The lowest BCUT2D eigenvalue weighted by atomic mass is 9.76. The Kier molecular flexibility index (Phi) is 4.33. The summed E-state index contributed by atoms with van der Waals surface area (Å²) in [5, 5.41) is 3.05. The average Bonchev–Trinajstić information content (AvgIpc) is 2.28. The van der Waals surface area contributed by atoms with Gasteiger partial charge in [-0.2, -0.15) is 0 Å². The predicted molar refractivity (Wildman–Crippen MR) is 73.6 cm³/mol. The Morgan fingerprint density at radius 2 is 1.76 bits per heavy atom. The van der Waals surface area contributed by atoms with E-state index in [4.69, 9.17) is 0 Å². The second kappa shape index (κ2) is 5.35. The fourth-order valence-corrected chi connectivity index (χ4v) is 1.54. The van der Waals surface area contributed by atoms with E-state index in [1.54, 1.807) is 0 Å². The molecule has 1 aromatic carbocycles. The molecule has 0 amide bonds. The first kappa shape index (κ1) is 13.8. The zero-order chi connectivity index (χ0) is 13.1. The molecule has 0 unspecified atom stereocenters. The van der Waals surface area contributed by atoms with Crippen LogP contribution in [-0.4, -0.2) is 12.8 Å². The SMILES string of the molecule is CNc1ccc(C(=O)CC(C)(C)C(C)C)cc1. The van der Waals surface area contributed by atoms with Gasteiger partial charge in [0.2, 0.25) is 0 Å². The molecule has 0 aliphatic heterocycles. The highest BCUT2D eigenvalue weighted by molar-refractivity contribution is 5.96. The van der Waals surface area contributed by atoms with Gasteiger partial charge in [-0.05, 0) is 35.6 Å². The molecule has 0 aliphatic rings. The fourth-order valence-electron chi connectivity index (χ4n) is 1.54. The van der Waals surface area contributed by atoms with Gasteiger partial charge in [0.25, 0.3) is 0 Å². The van der Waals surface area contributed by atoms with Gasteiger partial charge in [-0.3, -0.25) is 4.79 Å². The highest BCUT2D eigenvalue weighted by Gasteiger charge is 2.26. The molecule has 0 spiro atoms. The second-order valence-electron chi connectivity index (χ2n) is 5.57. The lowest BCUT2D eigenvalue weighted by molar-refractivity contribution is 0.0896. The maximum atomic E-state index is 12.1. The Balaban J connectivity index is 2.76. The minimum Gasteiger partial charge on any atom is -0.388 e. The van der Waals surface area contributed by atoms with Crippen molar-refractivity contribution in [3.05, 3.63) is 29.8 Å². The van der Waals surface area contributed by atoms with Crippen molar-refractivity contribution in [3.63, 3.8) is 0 Å². The van der Waals surface area contributed by atoms with Crippen LogP contribution in [0.15, 0.2) is 24.3 Å². The molecule has 0 radical (unpaired) electrons. The Labute approximate surface area is 104 Å². The normalized spacial score (nSPS) is 11.6. The molecule has 0 heterocycles. The summed E-state index contributed by atoms with van der Waals surface area (Å²) in [5.74, 6) is 0.731. The quantitative estimate of drug-likeness (QED) is 0.779. The number of carbonyl (C=O) groups excluding carboxylic acids is 1.